The lowest BCUT2D eigenvalue weighted by molar-refractivity contribution is -0.155. The van der Waals surface area contributed by atoms with Gasteiger partial charge in [-0.05, 0) is 43.8 Å². The van der Waals surface area contributed by atoms with Gasteiger partial charge in [-0.25, -0.2) is 4.98 Å². The molecule has 0 aromatic carbocycles. The molecule has 2 heterocycles. The molecule has 33 heavy (non-hydrogen) atoms. The molecule has 0 aliphatic carbocycles. The SMILES string of the molecule is C/C(=C\c1coc(C)n1)[C@@H]1C/C=C\CCC[C@H](C)[C@H](O)[C@@H](C)C(O)C(C)(C)[C@@H](O)CC(=O)O1. The third kappa shape index (κ3) is 7.52. The van der Waals surface area contributed by atoms with E-state index in [1.165, 1.54) is 0 Å². The number of aliphatic hydroxyl groups excluding tert-OH is 3. The molecular formula is C26H41NO6. The summed E-state index contributed by atoms with van der Waals surface area (Å²) in [6.45, 7) is 10.8. The molecule has 0 fully saturated rings. The molecule has 6 atom stereocenters. The van der Waals surface area contributed by atoms with Crippen LogP contribution in [0, 0.1) is 24.2 Å². The minimum Gasteiger partial charge on any atom is -0.457 e. The fraction of sp³-hybridized carbons (Fsp3) is 0.692. The van der Waals surface area contributed by atoms with Crippen LogP contribution in [0.3, 0.4) is 0 Å². The smallest absolute Gasteiger partial charge is 0.309 e. The Morgan fingerprint density at radius 3 is 2.55 bits per heavy atom. The van der Waals surface area contributed by atoms with Crippen molar-refractivity contribution < 1.29 is 29.3 Å². The Morgan fingerprint density at radius 2 is 1.91 bits per heavy atom. The Bertz CT molecular complexity index is 827. The standard InChI is InChI=1S/C26H41NO6/c1-16-11-9-7-8-10-12-21(17(2)13-20-15-32-19(4)27-20)33-23(29)14-22(28)26(5,6)25(31)18(3)24(16)30/h8,10,13,15-16,18,21-22,24-25,28,30-31H,7,9,11-12,14H2,1-6H3/b10-8-,17-13+/t16-,18+,21-,22-,24-,25?/m0/s1. The predicted molar refractivity (Wildman–Crippen MR) is 127 cm³/mol. The van der Waals surface area contributed by atoms with Gasteiger partial charge in [0.05, 0.1) is 24.7 Å². The summed E-state index contributed by atoms with van der Waals surface area (Å²) in [6.07, 6.45) is 6.96. The van der Waals surface area contributed by atoms with Gasteiger partial charge in [-0.2, -0.15) is 0 Å². The third-order valence-corrected chi connectivity index (χ3v) is 6.94. The van der Waals surface area contributed by atoms with Crippen LogP contribution >= 0.6 is 0 Å². The van der Waals surface area contributed by atoms with E-state index in [9.17, 15) is 20.1 Å². The average molecular weight is 464 g/mol. The number of nitrogens with zero attached hydrogens (tertiary/aromatic N) is 1. The van der Waals surface area contributed by atoms with Gasteiger partial charge in [0.1, 0.15) is 18.1 Å². The molecule has 7 nitrogen and oxygen atoms in total. The second-order valence-electron chi connectivity index (χ2n) is 10.1. The van der Waals surface area contributed by atoms with E-state index in [4.69, 9.17) is 9.15 Å². The summed E-state index contributed by atoms with van der Waals surface area (Å²) in [6, 6.07) is 0. The Hall–Kier alpha value is -1.96. The molecule has 1 aliphatic heterocycles. The summed E-state index contributed by atoms with van der Waals surface area (Å²) in [5.41, 5.74) is 0.471. The van der Waals surface area contributed by atoms with Crippen LogP contribution in [0.1, 0.15) is 78.3 Å². The largest absolute Gasteiger partial charge is 0.457 e. The maximum absolute atomic E-state index is 12.8. The van der Waals surface area contributed by atoms with Crippen molar-refractivity contribution in [2.24, 2.45) is 17.3 Å². The maximum atomic E-state index is 12.8. The fourth-order valence-electron chi connectivity index (χ4n) is 4.37. The molecule has 0 bridgehead atoms. The zero-order valence-electron chi connectivity index (χ0n) is 20.8. The second kappa shape index (κ2) is 12.0. The normalized spacial score (nSPS) is 34.0. The van der Waals surface area contributed by atoms with Crippen molar-refractivity contribution in [3.63, 3.8) is 0 Å². The van der Waals surface area contributed by atoms with Gasteiger partial charge < -0.3 is 24.5 Å². The number of aryl methyl sites for hydroxylation is 1. The number of oxazole rings is 1. The first-order valence-electron chi connectivity index (χ1n) is 11.9. The number of cyclic esters (lactones) is 1. The Kier molecular flexibility index (Phi) is 9.88. The second-order valence-corrected chi connectivity index (χ2v) is 10.1. The van der Waals surface area contributed by atoms with Gasteiger partial charge in [-0.1, -0.05) is 39.8 Å². The monoisotopic (exact) mass is 463 g/mol. The zero-order valence-corrected chi connectivity index (χ0v) is 20.8. The highest BCUT2D eigenvalue weighted by molar-refractivity contribution is 5.71. The molecule has 1 unspecified atom stereocenters. The molecule has 1 aliphatic rings. The van der Waals surface area contributed by atoms with E-state index in [1.807, 2.05) is 26.0 Å². The van der Waals surface area contributed by atoms with Crippen molar-refractivity contribution in [3.05, 3.63) is 35.6 Å². The first-order chi connectivity index (χ1) is 15.4. The van der Waals surface area contributed by atoms with Crippen molar-refractivity contribution >= 4 is 12.0 Å². The van der Waals surface area contributed by atoms with Crippen molar-refractivity contribution in [2.45, 2.75) is 98.1 Å². The topological polar surface area (TPSA) is 113 Å². The quantitative estimate of drug-likeness (QED) is 0.445. The highest BCUT2D eigenvalue weighted by atomic mass is 16.5. The van der Waals surface area contributed by atoms with Gasteiger partial charge in [0.2, 0.25) is 0 Å². The van der Waals surface area contributed by atoms with E-state index in [2.05, 4.69) is 11.1 Å². The summed E-state index contributed by atoms with van der Waals surface area (Å²) < 4.78 is 11.0. The van der Waals surface area contributed by atoms with Crippen LogP contribution in [0.2, 0.25) is 0 Å². The minimum atomic E-state index is -1.13. The maximum Gasteiger partial charge on any atom is 0.309 e. The number of allylic oxidation sites excluding steroid dienone is 1. The van der Waals surface area contributed by atoms with Crippen LogP contribution in [0.4, 0.5) is 0 Å². The van der Waals surface area contributed by atoms with Gasteiger partial charge in [0.25, 0.3) is 0 Å². The van der Waals surface area contributed by atoms with Crippen LogP contribution in [0.5, 0.6) is 0 Å². The lowest BCUT2D eigenvalue weighted by atomic mass is 9.71. The van der Waals surface area contributed by atoms with Crippen molar-refractivity contribution in [1.82, 2.24) is 4.98 Å². The number of hydrogen-bond donors (Lipinski definition) is 3. The summed E-state index contributed by atoms with van der Waals surface area (Å²) >= 11 is 0. The van der Waals surface area contributed by atoms with E-state index in [1.54, 1.807) is 34.0 Å². The fourth-order valence-corrected chi connectivity index (χ4v) is 4.37. The van der Waals surface area contributed by atoms with Crippen LogP contribution in [0.15, 0.2) is 28.4 Å². The summed E-state index contributed by atoms with van der Waals surface area (Å²) in [5, 5.41) is 32.5. The van der Waals surface area contributed by atoms with Crippen molar-refractivity contribution in [1.29, 1.82) is 0 Å². The minimum absolute atomic E-state index is 0.0118. The Labute approximate surface area is 197 Å². The molecule has 0 amide bonds. The van der Waals surface area contributed by atoms with Gasteiger partial charge in [0, 0.05) is 24.7 Å². The molecule has 186 valence electrons. The molecule has 0 spiro atoms. The zero-order chi connectivity index (χ0) is 24.8. The molecule has 7 heteroatoms. The highest BCUT2D eigenvalue weighted by Gasteiger charge is 2.42. The van der Waals surface area contributed by atoms with E-state index >= 15 is 0 Å². The average Bonchev–Trinajstić information content (AvgIpc) is 3.16. The first-order valence-corrected chi connectivity index (χ1v) is 11.9. The number of aromatic nitrogens is 1. The molecule has 0 saturated carbocycles. The summed E-state index contributed by atoms with van der Waals surface area (Å²) in [4.78, 5) is 17.0. The van der Waals surface area contributed by atoms with Crippen LogP contribution in [-0.2, 0) is 9.53 Å². The van der Waals surface area contributed by atoms with Crippen molar-refractivity contribution in [2.75, 3.05) is 0 Å². The molecule has 1 aromatic heterocycles. The molecular weight excluding hydrogens is 422 g/mol. The van der Waals surface area contributed by atoms with Crippen LogP contribution < -0.4 is 0 Å². The number of esters is 1. The van der Waals surface area contributed by atoms with E-state index in [0.29, 0.717) is 18.0 Å². The van der Waals surface area contributed by atoms with E-state index in [0.717, 1.165) is 24.8 Å². The molecule has 2 rings (SSSR count). The molecule has 0 saturated heterocycles. The number of rotatable bonds is 2. The van der Waals surface area contributed by atoms with Crippen LogP contribution in [0.25, 0.3) is 6.08 Å². The van der Waals surface area contributed by atoms with E-state index in [-0.39, 0.29) is 12.3 Å². The van der Waals surface area contributed by atoms with Gasteiger partial charge >= 0.3 is 5.97 Å². The van der Waals surface area contributed by atoms with Crippen molar-refractivity contribution in [3.8, 4) is 0 Å². The summed E-state index contributed by atoms with van der Waals surface area (Å²) in [7, 11) is 0. The number of hydrogen-bond acceptors (Lipinski definition) is 7. The molecule has 1 aromatic rings. The number of carbonyl (C=O) groups excluding carboxylic acids is 1. The third-order valence-electron chi connectivity index (χ3n) is 6.94. The van der Waals surface area contributed by atoms with E-state index < -0.39 is 41.7 Å². The Morgan fingerprint density at radius 1 is 1.21 bits per heavy atom. The van der Waals surface area contributed by atoms with Gasteiger partial charge in [0.15, 0.2) is 5.89 Å². The number of ether oxygens (including phenoxy) is 1. The number of carbonyl (C=O) groups is 1. The van der Waals surface area contributed by atoms with Gasteiger partial charge in [-0.15, -0.1) is 0 Å². The number of aliphatic hydroxyl groups is 3. The highest BCUT2D eigenvalue weighted by Crippen LogP contribution is 2.35. The molecule has 0 radical (unpaired) electrons. The first kappa shape index (κ1) is 27.3. The predicted octanol–water partition coefficient (Wildman–Crippen LogP) is 4.20. The van der Waals surface area contributed by atoms with Crippen LogP contribution in [-0.4, -0.2) is 50.7 Å². The summed E-state index contributed by atoms with van der Waals surface area (Å²) in [5.74, 6) is -0.425. The Balaban J connectivity index is 2.26. The lowest BCUT2D eigenvalue weighted by Gasteiger charge is -2.40. The molecule has 3 N–H and O–H groups in total. The van der Waals surface area contributed by atoms with Gasteiger partial charge in [-0.3, -0.25) is 4.79 Å². The lowest BCUT2D eigenvalue weighted by Crippen LogP contribution is -2.48.